The van der Waals surface area contributed by atoms with E-state index in [9.17, 15) is 9.18 Å². The minimum atomic E-state index is -0.283. The average Bonchev–Trinajstić information content (AvgIpc) is 2.64. The summed E-state index contributed by atoms with van der Waals surface area (Å²) >= 11 is 0. The molecule has 0 spiro atoms. The Morgan fingerprint density at radius 1 is 1.00 bits per heavy atom. The summed E-state index contributed by atoms with van der Waals surface area (Å²) in [6.45, 7) is 2.46. The van der Waals surface area contributed by atoms with E-state index in [-0.39, 0.29) is 11.7 Å². The third-order valence-electron chi connectivity index (χ3n) is 3.70. The second-order valence-corrected chi connectivity index (χ2v) is 5.74. The van der Waals surface area contributed by atoms with Crippen molar-refractivity contribution in [1.82, 2.24) is 15.6 Å². The minimum absolute atomic E-state index is 0.137. The fourth-order valence-corrected chi connectivity index (χ4v) is 2.32. The van der Waals surface area contributed by atoms with Gasteiger partial charge in [0, 0.05) is 25.0 Å². The van der Waals surface area contributed by atoms with Crippen LogP contribution in [0.5, 0.6) is 0 Å². The number of amides is 1. The second-order valence-electron chi connectivity index (χ2n) is 5.74. The molecular formula is C20H24FN3O. The molecule has 0 unspecified atom stereocenters. The first-order chi connectivity index (χ1) is 12.2. The van der Waals surface area contributed by atoms with Crippen LogP contribution in [0, 0.1) is 5.82 Å². The SMILES string of the molecule is O=C(/C=C/c1ccc(F)cc1)NCCCNCCCc1ccncc1. The number of hydrogen-bond donors (Lipinski definition) is 2. The number of pyridine rings is 1. The average molecular weight is 341 g/mol. The first-order valence-electron chi connectivity index (χ1n) is 8.55. The fraction of sp³-hybridized carbons (Fsp3) is 0.300. The molecule has 0 fully saturated rings. The summed E-state index contributed by atoms with van der Waals surface area (Å²) in [4.78, 5) is 15.7. The molecule has 1 aromatic heterocycles. The van der Waals surface area contributed by atoms with Crippen LogP contribution >= 0.6 is 0 Å². The predicted molar refractivity (Wildman–Crippen MR) is 98.5 cm³/mol. The molecule has 0 aliphatic rings. The molecule has 0 bridgehead atoms. The number of hydrogen-bond acceptors (Lipinski definition) is 3. The standard InChI is InChI=1S/C20H24FN3O/c21-19-7-4-18(5-8-19)6-9-20(25)24-14-2-13-22-12-1-3-17-10-15-23-16-11-17/h4-11,15-16,22H,1-3,12-14H2,(H,24,25)/b9-6+. The highest BCUT2D eigenvalue weighted by atomic mass is 19.1. The number of aromatic nitrogens is 1. The van der Waals surface area contributed by atoms with Gasteiger partial charge in [-0.05, 0) is 73.8 Å². The number of halogens is 1. The van der Waals surface area contributed by atoms with E-state index in [2.05, 4.69) is 15.6 Å². The zero-order valence-electron chi connectivity index (χ0n) is 14.2. The molecule has 5 heteroatoms. The van der Waals surface area contributed by atoms with Crippen LogP contribution in [0.2, 0.25) is 0 Å². The highest BCUT2D eigenvalue weighted by molar-refractivity contribution is 5.91. The van der Waals surface area contributed by atoms with Gasteiger partial charge >= 0.3 is 0 Å². The van der Waals surface area contributed by atoms with Crippen molar-refractivity contribution in [2.75, 3.05) is 19.6 Å². The fourth-order valence-electron chi connectivity index (χ4n) is 2.32. The van der Waals surface area contributed by atoms with Gasteiger partial charge in [-0.3, -0.25) is 9.78 Å². The molecule has 132 valence electrons. The maximum Gasteiger partial charge on any atom is 0.243 e. The zero-order valence-corrected chi connectivity index (χ0v) is 14.2. The normalized spacial score (nSPS) is 10.9. The van der Waals surface area contributed by atoms with Crippen LogP contribution in [0.3, 0.4) is 0 Å². The van der Waals surface area contributed by atoms with E-state index in [1.807, 2.05) is 24.5 Å². The number of benzene rings is 1. The van der Waals surface area contributed by atoms with Crippen molar-refractivity contribution in [2.24, 2.45) is 0 Å². The number of nitrogens with one attached hydrogen (secondary N) is 2. The summed E-state index contributed by atoms with van der Waals surface area (Å²) in [6.07, 6.45) is 9.77. The van der Waals surface area contributed by atoms with Gasteiger partial charge in [0.1, 0.15) is 5.82 Å². The zero-order chi connectivity index (χ0) is 17.7. The second kappa shape index (κ2) is 11.1. The molecule has 0 radical (unpaired) electrons. The Kier molecular flexibility index (Phi) is 8.35. The molecule has 0 aliphatic heterocycles. The minimum Gasteiger partial charge on any atom is -0.353 e. The van der Waals surface area contributed by atoms with Crippen molar-refractivity contribution in [3.05, 3.63) is 71.8 Å². The summed E-state index contributed by atoms with van der Waals surface area (Å²) in [5.41, 5.74) is 2.10. The Morgan fingerprint density at radius 2 is 1.72 bits per heavy atom. The molecule has 2 rings (SSSR count). The Balaban J connectivity index is 1.48. The quantitative estimate of drug-likeness (QED) is 0.516. The molecule has 0 atom stereocenters. The van der Waals surface area contributed by atoms with Gasteiger partial charge in [-0.1, -0.05) is 12.1 Å². The largest absolute Gasteiger partial charge is 0.353 e. The third kappa shape index (κ3) is 8.22. The lowest BCUT2D eigenvalue weighted by Gasteiger charge is -2.05. The third-order valence-corrected chi connectivity index (χ3v) is 3.70. The Hall–Kier alpha value is -2.53. The van der Waals surface area contributed by atoms with Crippen molar-refractivity contribution in [3.63, 3.8) is 0 Å². The highest BCUT2D eigenvalue weighted by Gasteiger charge is 1.96. The lowest BCUT2D eigenvalue weighted by Crippen LogP contribution is -2.26. The van der Waals surface area contributed by atoms with Crippen LogP contribution in [0.4, 0.5) is 4.39 Å². The van der Waals surface area contributed by atoms with Crippen LogP contribution in [0.1, 0.15) is 24.0 Å². The van der Waals surface area contributed by atoms with Crippen molar-refractivity contribution in [1.29, 1.82) is 0 Å². The number of nitrogens with zero attached hydrogens (tertiary/aromatic N) is 1. The highest BCUT2D eigenvalue weighted by Crippen LogP contribution is 2.04. The first kappa shape index (κ1) is 18.8. The van der Waals surface area contributed by atoms with Crippen molar-refractivity contribution >= 4 is 12.0 Å². The van der Waals surface area contributed by atoms with E-state index in [1.54, 1.807) is 18.2 Å². The molecule has 0 aliphatic carbocycles. The molecule has 1 aromatic carbocycles. The Bertz CT molecular complexity index is 656. The molecule has 1 amide bonds. The molecule has 4 nitrogen and oxygen atoms in total. The summed E-state index contributed by atoms with van der Waals surface area (Å²) in [6, 6.07) is 10.1. The molecule has 0 saturated carbocycles. The van der Waals surface area contributed by atoms with Gasteiger partial charge in [0.05, 0.1) is 0 Å². The molecule has 0 saturated heterocycles. The molecule has 2 N–H and O–H groups in total. The maximum atomic E-state index is 12.8. The monoisotopic (exact) mass is 341 g/mol. The van der Waals surface area contributed by atoms with Crippen molar-refractivity contribution in [3.8, 4) is 0 Å². The first-order valence-corrected chi connectivity index (χ1v) is 8.55. The van der Waals surface area contributed by atoms with Crippen LogP contribution in [-0.4, -0.2) is 30.5 Å². The lowest BCUT2D eigenvalue weighted by atomic mass is 10.1. The molecule has 1 heterocycles. The van der Waals surface area contributed by atoms with E-state index < -0.39 is 0 Å². The molecule has 2 aromatic rings. The van der Waals surface area contributed by atoms with Crippen molar-refractivity contribution in [2.45, 2.75) is 19.3 Å². The van der Waals surface area contributed by atoms with Gasteiger partial charge in [0.25, 0.3) is 0 Å². The van der Waals surface area contributed by atoms with E-state index in [4.69, 9.17) is 0 Å². The topological polar surface area (TPSA) is 54.0 Å². The van der Waals surface area contributed by atoms with Gasteiger partial charge in [0.15, 0.2) is 0 Å². The Labute approximate surface area is 148 Å². The maximum absolute atomic E-state index is 12.8. The van der Waals surface area contributed by atoms with E-state index >= 15 is 0 Å². The van der Waals surface area contributed by atoms with Gasteiger partial charge in [-0.25, -0.2) is 4.39 Å². The Morgan fingerprint density at radius 3 is 2.48 bits per heavy atom. The van der Waals surface area contributed by atoms with Crippen molar-refractivity contribution < 1.29 is 9.18 Å². The van der Waals surface area contributed by atoms with E-state index in [1.165, 1.54) is 23.8 Å². The summed E-state index contributed by atoms with van der Waals surface area (Å²) < 4.78 is 12.8. The summed E-state index contributed by atoms with van der Waals surface area (Å²) in [7, 11) is 0. The van der Waals surface area contributed by atoms with E-state index in [0.29, 0.717) is 6.54 Å². The van der Waals surface area contributed by atoms with E-state index in [0.717, 1.165) is 37.9 Å². The molecule has 25 heavy (non-hydrogen) atoms. The number of carbonyl (C=O) groups is 1. The lowest BCUT2D eigenvalue weighted by molar-refractivity contribution is -0.116. The number of carbonyl (C=O) groups excluding carboxylic acids is 1. The summed E-state index contributed by atoms with van der Waals surface area (Å²) in [5, 5.41) is 6.21. The van der Waals surface area contributed by atoms with Gasteiger partial charge in [-0.2, -0.15) is 0 Å². The number of rotatable bonds is 10. The van der Waals surface area contributed by atoms with Crippen LogP contribution in [0.25, 0.3) is 6.08 Å². The van der Waals surface area contributed by atoms with Crippen LogP contribution in [0.15, 0.2) is 54.9 Å². The van der Waals surface area contributed by atoms with Crippen LogP contribution < -0.4 is 10.6 Å². The molecular weight excluding hydrogens is 317 g/mol. The van der Waals surface area contributed by atoms with Crippen LogP contribution in [-0.2, 0) is 11.2 Å². The summed E-state index contributed by atoms with van der Waals surface area (Å²) in [5.74, 6) is -0.420. The smallest absolute Gasteiger partial charge is 0.243 e. The van der Waals surface area contributed by atoms with Gasteiger partial charge in [0.2, 0.25) is 5.91 Å². The van der Waals surface area contributed by atoms with Gasteiger partial charge in [-0.15, -0.1) is 0 Å². The van der Waals surface area contributed by atoms with Gasteiger partial charge < -0.3 is 10.6 Å². The number of aryl methyl sites for hydroxylation is 1. The predicted octanol–water partition coefficient (Wildman–Crippen LogP) is 2.96.